The number of benzene rings is 1. The largest absolute Gasteiger partial charge is 0.322 e. The number of aromatic amines is 1. The van der Waals surface area contributed by atoms with Crippen LogP contribution in [0.4, 0.5) is 11.5 Å². The quantitative estimate of drug-likeness (QED) is 0.434. The lowest BCUT2D eigenvalue weighted by Crippen LogP contribution is -2.20. The number of fused-ring (bicyclic) bond motifs is 1. The summed E-state index contributed by atoms with van der Waals surface area (Å²) in [6.07, 6.45) is 3.60. The van der Waals surface area contributed by atoms with Gasteiger partial charge in [-0.1, -0.05) is 11.8 Å². The highest BCUT2D eigenvalue weighted by molar-refractivity contribution is 7.99. The first kappa shape index (κ1) is 21.2. The summed E-state index contributed by atoms with van der Waals surface area (Å²) in [7, 11) is 3.55. The number of nitrogens with zero attached hydrogens (tertiary/aromatic N) is 6. The minimum Gasteiger partial charge on any atom is -0.322 e. The molecule has 4 heterocycles. The molecule has 2 N–H and O–H groups in total. The molecule has 4 aromatic rings. The fourth-order valence-corrected chi connectivity index (χ4v) is 5.00. The Balaban J connectivity index is 1.46. The first-order chi connectivity index (χ1) is 16.0. The topological polar surface area (TPSA) is 122 Å². The second kappa shape index (κ2) is 8.71. The minimum atomic E-state index is -0.368. The predicted molar refractivity (Wildman–Crippen MR) is 124 cm³/mol. The van der Waals surface area contributed by atoms with Crippen molar-refractivity contribution in [3.05, 3.63) is 60.2 Å². The third-order valence-corrected chi connectivity index (χ3v) is 6.82. The third-order valence-electron chi connectivity index (χ3n) is 4.95. The summed E-state index contributed by atoms with van der Waals surface area (Å²) < 4.78 is 1.61. The fraction of sp³-hybridized carbons (Fsp3) is 0.143. The summed E-state index contributed by atoms with van der Waals surface area (Å²) in [6.45, 7) is 0. The number of rotatable bonds is 6. The van der Waals surface area contributed by atoms with Gasteiger partial charge in [0, 0.05) is 41.8 Å². The average Bonchev–Trinajstić information content (AvgIpc) is 3.51. The molecule has 0 atom stereocenters. The molecule has 10 nitrogen and oxygen atoms in total. The zero-order chi connectivity index (χ0) is 22.9. The Labute approximate surface area is 197 Å². The van der Waals surface area contributed by atoms with Crippen molar-refractivity contribution in [3.8, 4) is 0 Å². The number of H-pyrrole nitrogens is 1. The molecule has 0 fully saturated rings. The molecule has 0 aliphatic carbocycles. The highest BCUT2D eigenvalue weighted by Crippen LogP contribution is 2.37. The molecule has 2 amide bonds. The van der Waals surface area contributed by atoms with Crippen LogP contribution in [-0.4, -0.2) is 48.8 Å². The van der Waals surface area contributed by atoms with Crippen LogP contribution in [0.25, 0.3) is 0 Å². The Bertz CT molecular complexity index is 1350. The molecule has 33 heavy (non-hydrogen) atoms. The van der Waals surface area contributed by atoms with Crippen molar-refractivity contribution in [1.82, 2.24) is 29.9 Å². The van der Waals surface area contributed by atoms with Crippen molar-refractivity contribution in [1.29, 1.82) is 0 Å². The highest BCUT2D eigenvalue weighted by Gasteiger charge is 2.24. The Hall–Kier alpha value is -3.64. The van der Waals surface area contributed by atoms with Crippen molar-refractivity contribution in [2.24, 2.45) is 7.05 Å². The minimum absolute atomic E-state index is 0.0676. The average molecular weight is 479 g/mol. The van der Waals surface area contributed by atoms with Gasteiger partial charge in [-0.25, -0.2) is 4.98 Å². The van der Waals surface area contributed by atoms with E-state index in [4.69, 9.17) is 0 Å². The van der Waals surface area contributed by atoms with Gasteiger partial charge in [0.05, 0.1) is 6.42 Å². The van der Waals surface area contributed by atoms with Gasteiger partial charge in [0.15, 0.2) is 11.0 Å². The Morgan fingerprint density at radius 3 is 2.79 bits per heavy atom. The van der Waals surface area contributed by atoms with Crippen LogP contribution in [0.2, 0.25) is 0 Å². The van der Waals surface area contributed by atoms with E-state index < -0.39 is 0 Å². The lowest BCUT2D eigenvalue weighted by Gasteiger charge is -2.12. The molecule has 1 aliphatic rings. The number of pyridine rings is 1. The molecular weight excluding hydrogens is 460 g/mol. The Morgan fingerprint density at radius 1 is 1.15 bits per heavy atom. The van der Waals surface area contributed by atoms with Crippen molar-refractivity contribution in [2.45, 2.75) is 26.4 Å². The first-order valence-corrected chi connectivity index (χ1v) is 11.5. The van der Waals surface area contributed by atoms with Crippen LogP contribution in [0, 0.1) is 0 Å². The van der Waals surface area contributed by atoms with Gasteiger partial charge in [0.1, 0.15) is 17.0 Å². The van der Waals surface area contributed by atoms with Gasteiger partial charge < -0.3 is 15.2 Å². The van der Waals surface area contributed by atoms with Crippen LogP contribution in [0.15, 0.2) is 68.9 Å². The van der Waals surface area contributed by atoms with Crippen LogP contribution in [0.3, 0.4) is 0 Å². The van der Waals surface area contributed by atoms with Crippen molar-refractivity contribution >= 4 is 46.8 Å². The Morgan fingerprint density at radius 2 is 2.03 bits per heavy atom. The number of amides is 2. The van der Waals surface area contributed by atoms with Crippen LogP contribution in [0.5, 0.6) is 0 Å². The first-order valence-electron chi connectivity index (χ1n) is 9.89. The van der Waals surface area contributed by atoms with Crippen molar-refractivity contribution < 1.29 is 9.59 Å². The fourth-order valence-electron chi connectivity index (χ4n) is 3.37. The van der Waals surface area contributed by atoms with Gasteiger partial charge in [-0.05, 0) is 47.7 Å². The molecular formula is C21H18N8O2S2. The van der Waals surface area contributed by atoms with E-state index in [1.54, 1.807) is 35.9 Å². The lowest BCUT2D eigenvalue weighted by atomic mass is 10.2. The number of nitrogens with one attached hydrogen (secondary N) is 2. The zero-order valence-corrected chi connectivity index (χ0v) is 19.3. The Kier molecular flexibility index (Phi) is 5.60. The SMILES string of the molecule is CN1C(=O)Cc2cc(Sc3ccc(Sc4nnc[nH]4)nc3C(=O)Nc3ccn(C)n3)ccc21. The number of carbonyl (C=O) groups excluding carboxylic acids is 2. The van der Waals surface area contributed by atoms with Gasteiger partial charge in [0.2, 0.25) is 5.91 Å². The molecule has 0 spiro atoms. The van der Waals surface area contributed by atoms with Crippen LogP contribution in [-0.2, 0) is 18.3 Å². The van der Waals surface area contributed by atoms with E-state index >= 15 is 0 Å². The van der Waals surface area contributed by atoms with Gasteiger partial charge in [-0.15, -0.1) is 10.2 Å². The van der Waals surface area contributed by atoms with Gasteiger partial charge in [-0.2, -0.15) is 5.10 Å². The van der Waals surface area contributed by atoms with E-state index in [0.29, 0.717) is 27.3 Å². The standard InChI is InChI=1S/C21H18N8O2S2/c1-28-8-7-16(27-28)24-20(31)19-15(5-6-17(25-19)33-21-22-11-23-26-21)32-13-3-4-14-12(9-13)10-18(30)29(14)2/h3-9,11H,10H2,1-2H3,(H,22,23,26)(H,24,27,31). The normalized spacial score (nSPS) is 12.8. The molecule has 5 rings (SSSR count). The number of likely N-dealkylation sites (N-methyl/N-ethyl adjacent to an activating group) is 1. The van der Waals surface area contributed by atoms with Gasteiger partial charge >= 0.3 is 0 Å². The van der Waals surface area contributed by atoms with Crippen LogP contribution in [0.1, 0.15) is 16.1 Å². The smallest absolute Gasteiger partial charge is 0.276 e. The van der Waals surface area contributed by atoms with Gasteiger partial charge in [0.25, 0.3) is 5.91 Å². The summed E-state index contributed by atoms with van der Waals surface area (Å²) in [5.41, 5.74) is 2.15. The molecule has 0 bridgehead atoms. The second-order valence-electron chi connectivity index (χ2n) is 7.24. The summed E-state index contributed by atoms with van der Waals surface area (Å²) >= 11 is 2.70. The molecule has 12 heteroatoms. The lowest BCUT2D eigenvalue weighted by molar-refractivity contribution is -0.117. The number of hydrogen-bond donors (Lipinski definition) is 2. The van der Waals surface area contributed by atoms with E-state index in [1.807, 2.05) is 30.3 Å². The molecule has 3 aromatic heterocycles. The monoisotopic (exact) mass is 478 g/mol. The van der Waals surface area contributed by atoms with E-state index in [-0.39, 0.29) is 17.5 Å². The predicted octanol–water partition coefficient (Wildman–Crippen LogP) is 3.01. The molecule has 166 valence electrons. The van der Waals surface area contributed by atoms with Crippen LogP contribution >= 0.6 is 23.5 Å². The maximum Gasteiger partial charge on any atom is 0.276 e. The molecule has 0 unspecified atom stereocenters. The number of anilines is 2. The highest BCUT2D eigenvalue weighted by atomic mass is 32.2. The van der Waals surface area contributed by atoms with Crippen molar-refractivity contribution in [3.63, 3.8) is 0 Å². The number of carbonyl (C=O) groups is 2. The van der Waals surface area contributed by atoms with Crippen molar-refractivity contribution in [2.75, 3.05) is 17.3 Å². The number of aryl methyl sites for hydroxylation is 1. The molecule has 1 aliphatic heterocycles. The maximum absolute atomic E-state index is 13.1. The summed E-state index contributed by atoms with van der Waals surface area (Å²) in [6, 6.07) is 11.3. The molecule has 0 radical (unpaired) electrons. The summed E-state index contributed by atoms with van der Waals surface area (Å²) in [4.78, 5) is 35.9. The van der Waals surface area contributed by atoms with Gasteiger partial charge in [-0.3, -0.25) is 14.3 Å². The van der Waals surface area contributed by atoms with E-state index in [0.717, 1.165) is 16.1 Å². The summed E-state index contributed by atoms with van der Waals surface area (Å²) in [5.74, 6) is 0.137. The van der Waals surface area contributed by atoms with Crippen LogP contribution < -0.4 is 10.2 Å². The van der Waals surface area contributed by atoms with E-state index in [2.05, 4.69) is 30.6 Å². The molecule has 0 saturated carbocycles. The molecule has 1 aromatic carbocycles. The third kappa shape index (κ3) is 4.47. The number of hydrogen-bond acceptors (Lipinski definition) is 8. The second-order valence-corrected chi connectivity index (χ2v) is 9.37. The summed E-state index contributed by atoms with van der Waals surface area (Å²) in [5, 5.41) is 15.9. The molecule has 0 saturated heterocycles. The maximum atomic E-state index is 13.1. The zero-order valence-electron chi connectivity index (χ0n) is 17.6. The number of aromatic nitrogens is 6. The van der Waals surface area contributed by atoms with E-state index in [9.17, 15) is 9.59 Å². The van der Waals surface area contributed by atoms with E-state index in [1.165, 1.54) is 29.9 Å².